The van der Waals surface area contributed by atoms with Crippen molar-refractivity contribution in [1.82, 2.24) is 4.98 Å². The van der Waals surface area contributed by atoms with Gasteiger partial charge in [0.05, 0.1) is 11.3 Å². The van der Waals surface area contributed by atoms with Gasteiger partial charge in [0.15, 0.2) is 6.29 Å². The summed E-state index contributed by atoms with van der Waals surface area (Å²) in [4.78, 5) is 18.9. The van der Waals surface area contributed by atoms with Crippen LogP contribution in [0.3, 0.4) is 0 Å². The third-order valence-electron chi connectivity index (χ3n) is 4.22. The van der Waals surface area contributed by atoms with E-state index in [0.29, 0.717) is 29.2 Å². The Morgan fingerprint density at radius 2 is 1.68 bits per heavy atom. The van der Waals surface area contributed by atoms with E-state index in [1.54, 1.807) is 42.5 Å². The number of rotatable bonds is 5. The Morgan fingerprint density at radius 3 is 2.32 bits per heavy atom. The number of aldehydes is 1. The Bertz CT molecular complexity index is 1050. The first-order valence-electron chi connectivity index (χ1n) is 8.39. The van der Waals surface area contributed by atoms with Crippen LogP contribution in [0, 0.1) is 0 Å². The number of alkyl halides is 3. The predicted molar refractivity (Wildman–Crippen MR) is 97.8 cm³/mol. The zero-order valence-corrected chi connectivity index (χ0v) is 14.4. The molecule has 1 atom stereocenters. The molecule has 4 nitrogen and oxygen atoms in total. The molecular weight excluding hydrogens is 369 g/mol. The summed E-state index contributed by atoms with van der Waals surface area (Å²) in [6.07, 6.45) is -2.30. The van der Waals surface area contributed by atoms with Crippen molar-refractivity contribution in [3.8, 4) is 22.8 Å². The second-order valence-corrected chi connectivity index (χ2v) is 6.18. The monoisotopic (exact) mass is 382 g/mol. The van der Waals surface area contributed by atoms with Crippen molar-refractivity contribution in [3.63, 3.8) is 0 Å². The average Bonchev–Trinajstić information content (AvgIpc) is 3.53. The first-order chi connectivity index (χ1) is 13.4. The number of carbonyl (C=O) groups is 1. The van der Waals surface area contributed by atoms with Crippen LogP contribution in [0.4, 0.5) is 13.2 Å². The van der Waals surface area contributed by atoms with E-state index in [1.165, 1.54) is 18.3 Å². The highest BCUT2D eigenvalue weighted by Crippen LogP contribution is 2.40. The molecule has 0 spiro atoms. The van der Waals surface area contributed by atoms with Crippen LogP contribution in [0.15, 0.2) is 65.7 Å². The van der Waals surface area contributed by atoms with Gasteiger partial charge in [-0.05, 0) is 60.2 Å². The molecule has 7 heteroatoms. The van der Waals surface area contributed by atoms with Gasteiger partial charge in [-0.3, -0.25) is 9.79 Å². The minimum absolute atomic E-state index is 0.0801. The molecule has 1 aromatic heterocycles. The lowest BCUT2D eigenvalue weighted by molar-refractivity contribution is -0.138. The van der Waals surface area contributed by atoms with Crippen molar-refractivity contribution >= 4 is 12.5 Å². The summed E-state index contributed by atoms with van der Waals surface area (Å²) in [7, 11) is 0. The number of halogens is 3. The molecule has 0 saturated heterocycles. The average molecular weight is 382 g/mol. The number of benzene rings is 2. The lowest BCUT2D eigenvalue weighted by atomic mass is 10.0. The van der Waals surface area contributed by atoms with E-state index in [-0.39, 0.29) is 5.56 Å². The SMILES string of the molecule is O=Cc1cccc(-c2ccc(Oc3ccc(C(F)(F)F)c(C4C=N4)c3)cc2)n1. The molecule has 3 aromatic rings. The van der Waals surface area contributed by atoms with Gasteiger partial charge in [0.2, 0.25) is 0 Å². The maximum atomic E-state index is 13.1. The molecule has 0 radical (unpaired) electrons. The van der Waals surface area contributed by atoms with Crippen LogP contribution in [-0.2, 0) is 6.18 Å². The fraction of sp³-hybridized carbons (Fsp3) is 0.0952. The molecule has 1 aliphatic heterocycles. The highest BCUT2D eigenvalue weighted by molar-refractivity contribution is 5.81. The van der Waals surface area contributed by atoms with Crippen molar-refractivity contribution in [2.45, 2.75) is 12.2 Å². The minimum Gasteiger partial charge on any atom is -0.457 e. The number of pyridine rings is 1. The molecule has 2 aromatic carbocycles. The zero-order valence-electron chi connectivity index (χ0n) is 14.4. The Kier molecular flexibility index (Phi) is 4.43. The van der Waals surface area contributed by atoms with Crippen molar-refractivity contribution in [1.29, 1.82) is 0 Å². The Morgan fingerprint density at radius 1 is 0.964 bits per heavy atom. The van der Waals surface area contributed by atoms with Gasteiger partial charge < -0.3 is 4.74 Å². The predicted octanol–water partition coefficient (Wildman–Crippen LogP) is 5.50. The maximum Gasteiger partial charge on any atom is 0.416 e. The normalized spacial score (nSPS) is 15.3. The van der Waals surface area contributed by atoms with Crippen LogP contribution in [0.25, 0.3) is 11.3 Å². The van der Waals surface area contributed by atoms with Crippen molar-refractivity contribution in [3.05, 3.63) is 77.5 Å². The smallest absolute Gasteiger partial charge is 0.416 e. The van der Waals surface area contributed by atoms with E-state index in [0.717, 1.165) is 11.6 Å². The maximum absolute atomic E-state index is 13.1. The minimum atomic E-state index is -4.44. The summed E-state index contributed by atoms with van der Waals surface area (Å²) in [5.41, 5.74) is 1.13. The molecule has 4 rings (SSSR count). The van der Waals surface area contributed by atoms with Gasteiger partial charge in [-0.2, -0.15) is 13.2 Å². The van der Waals surface area contributed by atoms with Gasteiger partial charge in [-0.15, -0.1) is 0 Å². The van der Waals surface area contributed by atoms with Gasteiger partial charge in [-0.25, -0.2) is 4.98 Å². The van der Waals surface area contributed by atoms with Crippen LogP contribution in [-0.4, -0.2) is 17.5 Å². The first kappa shape index (κ1) is 17.9. The van der Waals surface area contributed by atoms with Crippen molar-refractivity contribution in [2.24, 2.45) is 4.99 Å². The number of nitrogens with zero attached hydrogens (tertiary/aromatic N) is 2. The number of hydrogen-bond acceptors (Lipinski definition) is 4. The summed E-state index contributed by atoms with van der Waals surface area (Å²) in [6.45, 7) is 0. The van der Waals surface area contributed by atoms with Crippen LogP contribution in [0.5, 0.6) is 11.5 Å². The Hall–Kier alpha value is -3.48. The fourth-order valence-electron chi connectivity index (χ4n) is 2.82. The van der Waals surface area contributed by atoms with Crippen LogP contribution < -0.4 is 4.74 Å². The first-order valence-corrected chi connectivity index (χ1v) is 8.39. The van der Waals surface area contributed by atoms with Crippen molar-refractivity contribution in [2.75, 3.05) is 0 Å². The summed E-state index contributed by atoms with van der Waals surface area (Å²) < 4.78 is 45.1. The third-order valence-corrected chi connectivity index (χ3v) is 4.22. The molecular formula is C21H13F3N2O2. The number of aliphatic imine (C=N–C) groups is 1. The van der Waals surface area contributed by atoms with Crippen LogP contribution in [0.1, 0.15) is 27.7 Å². The highest BCUT2D eigenvalue weighted by Gasteiger charge is 2.36. The van der Waals surface area contributed by atoms with E-state index >= 15 is 0 Å². The molecule has 0 bridgehead atoms. The topological polar surface area (TPSA) is 51.5 Å². The van der Waals surface area contributed by atoms with Crippen LogP contribution in [0.2, 0.25) is 0 Å². The highest BCUT2D eigenvalue weighted by atomic mass is 19.4. The third kappa shape index (κ3) is 3.78. The molecule has 1 unspecified atom stereocenters. The molecule has 0 fully saturated rings. The largest absolute Gasteiger partial charge is 0.457 e. The summed E-state index contributed by atoms with van der Waals surface area (Å²) in [5.74, 6) is 0.769. The van der Waals surface area contributed by atoms with Crippen molar-refractivity contribution < 1.29 is 22.7 Å². The quantitative estimate of drug-likeness (QED) is 0.548. The summed E-state index contributed by atoms with van der Waals surface area (Å²) in [5, 5.41) is 0. The Labute approximate surface area is 158 Å². The summed E-state index contributed by atoms with van der Waals surface area (Å²) >= 11 is 0. The molecule has 0 amide bonds. The molecule has 28 heavy (non-hydrogen) atoms. The summed E-state index contributed by atoms with van der Waals surface area (Å²) in [6, 6.07) is 15.2. The van der Waals surface area contributed by atoms with E-state index in [9.17, 15) is 18.0 Å². The molecule has 140 valence electrons. The number of aromatic nitrogens is 1. The molecule has 1 aliphatic rings. The van der Waals surface area contributed by atoms with Crippen LogP contribution >= 0.6 is 0 Å². The Balaban J connectivity index is 1.56. The second-order valence-electron chi connectivity index (χ2n) is 6.18. The molecule has 0 aliphatic carbocycles. The van der Waals surface area contributed by atoms with Gasteiger partial charge in [0, 0.05) is 11.8 Å². The van der Waals surface area contributed by atoms with Gasteiger partial charge >= 0.3 is 6.18 Å². The molecule has 0 saturated carbocycles. The molecule has 0 N–H and O–H groups in total. The van der Waals surface area contributed by atoms with E-state index in [4.69, 9.17) is 4.74 Å². The molecule has 2 heterocycles. The lowest BCUT2D eigenvalue weighted by Crippen LogP contribution is -2.09. The van der Waals surface area contributed by atoms with Gasteiger partial charge in [0.1, 0.15) is 23.2 Å². The van der Waals surface area contributed by atoms with E-state index in [1.807, 2.05) is 0 Å². The van der Waals surface area contributed by atoms with Gasteiger partial charge in [0.25, 0.3) is 0 Å². The number of hydrogen-bond donors (Lipinski definition) is 0. The van der Waals surface area contributed by atoms with Gasteiger partial charge in [-0.1, -0.05) is 6.07 Å². The number of ether oxygens (including phenoxy) is 1. The standard InChI is InChI=1S/C21H13F3N2O2/c22-21(23,24)18-9-8-16(10-17(18)20-11-25-20)28-15-6-4-13(5-7-15)19-3-1-2-14(12-27)26-19/h1-12,20H. The number of carbonyl (C=O) groups excluding carboxylic acids is 1. The fourth-order valence-corrected chi connectivity index (χ4v) is 2.82. The lowest BCUT2D eigenvalue weighted by Gasteiger charge is -2.14. The zero-order chi connectivity index (χ0) is 19.7. The second kappa shape index (κ2) is 6.92. The van der Waals surface area contributed by atoms with E-state index in [2.05, 4.69) is 9.98 Å². The van der Waals surface area contributed by atoms with E-state index < -0.39 is 17.8 Å².